The highest BCUT2D eigenvalue weighted by Gasteiger charge is 2.68. The van der Waals surface area contributed by atoms with Crippen molar-refractivity contribution in [3.8, 4) is 5.75 Å². The fourth-order valence-corrected chi connectivity index (χ4v) is 6.75. The highest BCUT2D eigenvalue weighted by molar-refractivity contribution is 6.32. The molecule has 6 unspecified atom stereocenters. The van der Waals surface area contributed by atoms with E-state index in [1.165, 1.54) is 0 Å². The van der Waals surface area contributed by atoms with Gasteiger partial charge >= 0.3 is 0 Å². The summed E-state index contributed by atoms with van der Waals surface area (Å²) >= 11 is 0. The molecular weight excluding hydrogens is 436 g/mol. The fourth-order valence-electron chi connectivity index (χ4n) is 6.75. The highest BCUT2D eigenvalue weighted by atomic mass is 16.3. The summed E-state index contributed by atoms with van der Waals surface area (Å²) < 4.78 is 0. The van der Waals surface area contributed by atoms with Crippen LogP contribution >= 0.6 is 0 Å². The van der Waals surface area contributed by atoms with Crippen molar-refractivity contribution in [2.24, 2.45) is 35.5 Å². The summed E-state index contributed by atoms with van der Waals surface area (Å²) in [5.74, 6) is -9.66. The second-order valence-corrected chi connectivity index (χ2v) is 10.7. The molecule has 7 nitrogen and oxygen atoms in total. The number of aryl methyl sites for hydroxylation is 2. The first-order valence-corrected chi connectivity index (χ1v) is 12.1. The van der Waals surface area contributed by atoms with Crippen molar-refractivity contribution in [2.45, 2.75) is 65.9 Å². The lowest BCUT2D eigenvalue weighted by Crippen LogP contribution is -2.70. The summed E-state index contributed by atoms with van der Waals surface area (Å²) in [6.45, 7) is 8.47. The molecule has 0 aromatic heterocycles. The molecule has 2 N–H and O–H groups in total. The van der Waals surface area contributed by atoms with Gasteiger partial charge in [0.15, 0.2) is 28.7 Å². The van der Waals surface area contributed by atoms with E-state index in [4.69, 9.17) is 0 Å². The molecule has 2 saturated carbocycles. The average Bonchev–Trinajstić information content (AvgIpc) is 2.74. The minimum Gasteiger partial charge on any atom is -0.507 e. The van der Waals surface area contributed by atoms with Gasteiger partial charge in [-0.15, -0.1) is 0 Å². The molecule has 0 aliphatic heterocycles. The predicted molar refractivity (Wildman–Crippen MR) is 122 cm³/mol. The minimum atomic E-state index is -2.57. The van der Waals surface area contributed by atoms with Gasteiger partial charge in [0.05, 0.1) is 11.5 Å². The molecule has 1 aromatic rings. The van der Waals surface area contributed by atoms with Gasteiger partial charge in [-0.05, 0) is 61.6 Å². The number of Topliss-reactive ketones (excluding diaryl/α,β-unsaturated/α-hetero) is 5. The molecule has 0 spiro atoms. The third kappa shape index (κ3) is 3.16. The number of phenolic OH excluding ortho intramolecular Hbond substituents is 1. The number of rotatable bonds is 4. The van der Waals surface area contributed by atoms with E-state index in [9.17, 15) is 34.2 Å². The maximum Gasteiger partial charge on any atom is 0.190 e. The first-order valence-electron chi connectivity index (χ1n) is 12.1. The van der Waals surface area contributed by atoms with Gasteiger partial charge < -0.3 is 10.2 Å². The zero-order chi connectivity index (χ0) is 25.3. The second-order valence-electron chi connectivity index (χ2n) is 10.7. The number of fused-ring (bicyclic) bond motifs is 3. The topological polar surface area (TPSA) is 126 Å². The molecule has 34 heavy (non-hydrogen) atoms. The van der Waals surface area contributed by atoms with Crippen LogP contribution in [-0.4, -0.2) is 44.7 Å². The Bertz CT molecular complexity index is 1130. The van der Waals surface area contributed by atoms with Crippen molar-refractivity contribution in [3.63, 3.8) is 0 Å². The summed E-state index contributed by atoms with van der Waals surface area (Å²) in [6.07, 6.45) is 1.80. The van der Waals surface area contributed by atoms with Gasteiger partial charge in [0.1, 0.15) is 17.5 Å². The van der Waals surface area contributed by atoms with Crippen LogP contribution in [0.15, 0.2) is 6.07 Å². The maximum atomic E-state index is 13.8. The smallest absolute Gasteiger partial charge is 0.190 e. The Kier molecular flexibility index (Phi) is 5.91. The normalized spacial score (nSPS) is 33.0. The number of carbonyl (C=O) groups is 5. The Balaban J connectivity index is 1.87. The Morgan fingerprint density at radius 3 is 2.38 bits per heavy atom. The van der Waals surface area contributed by atoms with Crippen LogP contribution in [0.2, 0.25) is 0 Å². The van der Waals surface area contributed by atoms with Gasteiger partial charge in [-0.25, -0.2) is 0 Å². The quantitative estimate of drug-likeness (QED) is 0.651. The number of aliphatic hydroxyl groups is 1. The van der Waals surface area contributed by atoms with Crippen LogP contribution in [0.1, 0.15) is 67.6 Å². The van der Waals surface area contributed by atoms with E-state index in [0.29, 0.717) is 24.0 Å². The number of phenols is 1. The first-order chi connectivity index (χ1) is 15.9. The van der Waals surface area contributed by atoms with Gasteiger partial charge in [0, 0.05) is 11.8 Å². The lowest BCUT2D eigenvalue weighted by atomic mass is 9.49. The van der Waals surface area contributed by atoms with E-state index in [0.717, 1.165) is 18.9 Å². The molecule has 0 amide bonds. The summed E-state index contributed by atoms with van der Waals surface area (Å²) in [6, 6.07) is 1.87. The highest BCUT2D eigenvalue weighted by Crippen LogP contribution is 2.53. The van der Waals surface area contributed by atoms with Crippen LogP contribution in [0.5, 0.6) is 5.75 Å². The summed E-state index contributed by atoms with van der Waals surface area (Å²) in [5.41, 5.74) is -0.314. The van der Waals surface area contributed by atoms with Gasteiger partial charge in [0.2, 0.25) is 0 Å². The van der Waals surface area contributed by atoms with Gasteiger partial charge in [-0.1, -0.05) is 33.3 Å². The van der Waals surface area contributed by atoms with Gasteiger partial charge in [-0.2, -0.15) is 0 Å². The number of benzene rings is 1. The predicted octanol–water partition coefficient (Wildman–Crippen LogP) is 2.57. The van der Waals surface area contributed by atoms with Gasteiger partial charge in [0.25, 0.3) is 0 Å². The van der Waals surface area contributed by atoms with Crippen molar-refractivity contribution < 1.29 is 34.2 Å². The number of carbonyl (C=O) groups excluding carboxylic acids is 5. The van der Waals surface area contributed by atoms with Crippen molar-refractivity contribution in [2.75, 3.05) is 0 Å². The molecule has 3 aliphatic rings. The number of ketones is 5. The van der Waals surface area contributed by atoms with E-state index in [1.54, 1.807) is 13.8 Å². The van der Waals surface area contributed by atoms with Crippen LogP contribution in [0.25, 0.3) is 0 Å². The third-order valence-corrected chi connectivity index (χ3v) is 8.26. The molecule has 182 valence electrons. The van der Waals surface area contributed by atoms with Crippen LogP contribution in [0.4, 0.5) is 0 Å². The molecule has 0 radical (unpaired) electrons. The molecule has 2 fully saturated rings. The summed E-state index contributed by atoms with van der Waals surface area (Å²) in [7, 11) is 0. The lowest BCUT2D eigenvalue weighted by molar-refractivity contribution is -0.182. The molecule has 0 saturated heterocycles. The number of aromatic hydroxyl groups is 1. The molecule has 1 aromatic carbocycles. The number of hydrogen-bond donors (Lipinski definition) is 2. The van der Waals surface area contributed by atoms with Crippen LogP contribution in [0.3, 0.4) is 0 Å². The molecule has 0 bridgehead atoms. The molecule has 0 heterocycles. The standard InChI is InChI=1S/C27H32O7/c1-6-7-14-8-12(4)16-9-15-10-17-18(11(2)3)23(30)19(13(5)28)25(32)27(17,34)26(33)20(15)24(31)21(16)22(14)29/h8,11,15,17-20,29,34H,6-7,9-10H2,1-5H3. The Labute approximate surface area is 198 Å². The third-order valence-electron chi connectivity index (χ3n) is 8.26. The van der Waals surface area contributed by atoms with Crippen molar-refractivity contribution >= 4 is 28.9 Å². The molecular formula is C27H32O7. The number of hydrogen-bond acceptors (Lipinski definition) is 7. The largest absolute Gasteiger partial charge is 0.507 e. The molecule has 7 heteroatoms. The summed E-state index contributed by atoms with van der Waals surface area (Å²) in [4.78, 5) is 66.2. The maximum absolute atomic E-state index is 13.8. The Morgan fingerprint density at radius 1 is 1.18 bits per heavy atom. The zero-order valence-electron chi connectivity index (χ0n) is 20.3. The van der Waals surface area contributed by atoms with Crippen LogP contribution in [0, 0.1) is 42.4 Å². The van der Waals surface area contributed by atoms with Crippen molar-refractivity contribution in [1.29, 1.82) is 0 Å². The molecule has 3 aliphatic carbocycles. The minimum absolute atomic E-state index is 0.1000. The fraction of sp³-hybridized carbons (Fsp3) is 0.593. The monoisotopic (exact) mass is 468 g/mol. The SMILES string of the molecule is CCCc1cc(C)c2c(c1O)C(=O)C1C(=O)C3(O)C(=O)C(C(C)=O)C(=O)C(C(C)C)C3CC1C2. The first kappa shape index (κ1) is 24.5. The Morgan fingerprint density at radius 2 is 1.82 bits per heavy atom. The van der Waals surface area contributed by atoms with E-state index in [1.807, 2.05) is 19.9 Å². The van der Waals surface area contributed by atoms with Gasteiger partial charge in [-0.3, -0.25) is 24.0 Å². The lowest BCUT2D eigenvalue weighted by Gasteiger charge is -2.52. The van der Waals surface area contributed by atoms with E-state index in [2.05, 4.69) is 0 Å². The van der Waals surface area contributed by atoms with E-state index < -0.39 is 64.1 Å². The second kappa shape index (κ2) is 8.22. The molecule has 4 rings (SSSR count). The van der Waals surface area contributed by atoms with E-state index >= 15 is 0 Å². The summed E-state index contributed by atoms with van der Waals surface area (Å²) in [5, 5.41) is 22.5. The van der Waals surface area contributed by atoms with E-state index in [-0.39, 0.29) is 23.7 Å². The molecule has 6 atom stereocenters. The van der Waals surface area contributed by atoms with Crippen LogP contribution < -0.4 is 0 Å². The zero-order valence-corrected chi connectivity index (χ0v) is 20.3. The average molecular weight is 469 g/mol. The van der Waals surface area contributed by atoms with Crippen molar-refractivity contribution in [1.82, 2.24) is 0 Å². The van der Waals surface area contributed by atoms with Crippen molar-refractivity contribution in [3.05, 3.63) is 28.3 Å². The Hall–Kier alpha value is -2.67. The van der Waals surface area contributed by atoms with Crippen LogP contribution in [-0.2, 0) is 32.0 Å².